The van der Waals surface area contributed by atoms with Gasteiger partial charge in [-0.05, 0) is 6.42 Å². The fourth-order valence-corrected chi connectivity index (χ4v) is 0.521. The van der Waals surface area contributed by atoms with Gasteiger partial charge in [0.2, 0.25) is 0 Å². The third-order valence-corrected chi connectivity index (χ3v) is 1.01. The number of aliphatic carboxylic acids is 1. The molecule has 0 saturated heterocycles. The average molecular weight is 168 g/mol. The van der Waals surface area contributed by atoms with Crippen molar-refractivity contribution in [3.05, 3.63) is 36.5 Å². The SMILES string of the molecule is C1=CC=CCC=C1.O=C(O)CO. The number of aliphatic hydroxyl groups is 1. The van der Waals surface area contributed by atoms with E-state index in [0.29, 0.717) is 0 Å². The molecule has 0 saturated carbocycles. The third kappa shape index (κ3) is 8.65. The monoisotopic (exact) mass is 168 g/mol. The molecule has 0 atom stereocenters. The summed E-state index contributed by atoms with van der Waals surface area (Å²) in [4.78, 5) is 9.12. The number of allylic oxidation sites excluding steroid dienone is 6. The highest BCUT2D eigenvalue weighted by atomic mass is 16.4. The Morgan fingerprint density at radius 1 is 1.17 bits per heavy atom. The number of hydrogen-bond donors (Lipinski definition) is 2. The Hall–Kier alpha value is -1.35. The van der Waals surface area contributed by atoms with E-state index in [1.165, 1.54) is 0 Å². The average Bonchev–Trinajstić information content (AvgIpc) is 2.35. The molecule has 0 spiro atoms. The first-order valence-corrected chi connectivity index (χ1v) is 3.58. The minimum absolute atomic E-state index is 0.778. The summed E-state index contributed by atoms with van der Waals surface area (Å²) in [6.45, 7) is -0.778. The van der Waals surface area contributed by atoms with Crippen LogP contribution in [-0.4, -0.2) is 22.8 Å². The van der Waals surface area contributed by atoms with E-state index in [1.807, 2.05) is 12.2 Å². The number of rotatable bonds is 1. The number of aliphatic hydroxyl groups excluding tert-OH is 1. The molecule has 1 rings (SSSR count). The number of carboxylic acids is 1. The van der Waals surface area contributed by atoms with Crippen molar-refractivity contribution in [1.82, 2.24) is 0 Å². The molecule has 0 aliphatic heterocycles. The van der Waals surface area contributed by atoms with Crippen LogP contribution < -0.4 is 0 Å². The van der Waals surface area contributed by atoms with Crippen LogP contribution in [0.1, 0.15) is 6.42 Å². The van der Waals surface area contributed by atoms with E-state index in [0.717, 1.165) is 6.42 Å². The molecule has 66 valence electrons. The molecule has 3 nitrogen and oxygen atoms in total. The lowest BCUT2D eigenvalue weighted by atomic mass is 10.4. The van der Waals surface area contributed by atoms with Gasteiger partial charge in [0.25, 0.3) is 0 Å². The first-order chi connectivity index (χ1) is 5.77. The Kier molecular flexibility index (Phi) is 6.88. The summed E-state index contributed by atoms with van der Waals surface area (Å²) in [7, 11) is 0. The van der Waals surface area contributed by atoms with Crippen LogP contribution in [0.5, 0.6) is 0 Å². The maximum atomic E-state index is 9.12. The van der Waals surface area contributed by atoms with Crippen LogP contribution in [0, 0.1) is 0 Å². The molecule has 3 heteroatoms. The van der Waals surface area contributed by atoms with Gasteiger partial charge in [-0.25, -0.2) is 4.79 Å². The summed E-state index contributed by atoms with van der Waals surface area (Å²) in [6, 6.07) is 0. The lowest BCUT2D eigenvalue weighted by molar-refractivity contribution is -0.140. The predicted octanol–water partition coefficient (Wildman–Crippen LogP) is 1.12. The van der Waals surface area contributed by atoms with Gasteiger partial charge in [-0.3, -0.25) is 0 Å². The molecule has 1 aliphatic rings. The highest BCUT2D eigenvalue weighted by Gasteiger charge is 1.82. The molecule has 0 fully saturated rings. The van der Waals surface area contributed by atoms with E-state index in [-0.39, 0.29) is 0 Å². The minimum Gasteiger partial charge on any atom is -0.480 e. The van der Waals surface area contributed by atoms with Gasteiger partial charge < -0.3 is 10.2 Å². The Labute approximate surface area is 71.3 Å². The van der Waals surface area contributed by atoms with Gasteiger partial charge in [0.1, 0.15) is 6.61 Å². The summed E-state index contributed by atoms with van der Waals surface area (Å²) in [5.41, 5.74) is 0. The van der Waals surface area contributed by atoms with E-state index in [2.05, 4.69) is 24.3 Å². The molecule has 0 radical (unpaired) electrons. The van der Waals surface area contributed by atoms with Crippen LogP contribution in [0.3, 0.4) is 0 Å². The Morgan fingerprint density at radius 3 is 1.92 bits per heavy atom. The number of carboxylic acid groups (broad SMARTS) is 1. The van der Waals surface area contributed by atoms with Crippen molar-refractivity contribution in [1.29, 1.82) is 0 Å². The van der Waals surface area contributed by atoms with Gasteiger partial charge in [0.15, 0.2) is 0 Å². The zero-order valence-corrected chi connectivity index (χ0v) is 6.68. The van der Waals surface area contributed by atoms with Crippen molar-refractivity contribution < 1.29 is 15.0 Å². The van der Waals surface area contributed by atoms with Crippen LogP contribution in [0.2, 0.25) is 0 Å². The standard InChI is InChI=1S/C7H8.C2H4O3/c1-2-4-6-7-5-3-1;3-1-2(4)5/h1-6H,7H2;3H,1H2,(H,4,5). The van der Waals surface area contributed by atoms with Gasteiger partial charge in [0, 0.05) is 0 Å². The molecule has 0 aromatic heterocycles. The maximum Gasteiger partial charge on any atom is 0.329 e. The van der Waals surface area contributed by atoms with Crippen molar-refractivity contribution in [2.45, 2.75) is 6.42 Å². The molecule has 12 heavy (non-hydrogen) atoms. The molecule has 0 amide bonds. The Morgan fingerprint density at radius 2 is 1.58 bits per heavy atom. The summed E-state index contributed by atoms with van der Waals surface area (Å²) >= 11 is 0. The quantitative estimate of drug-likeness (QED) is 0.616. The lowest BCUT2D eigenvalue weighted by Crippen LogP contribution is -1.98. The van der Waals surface area contributed by atoms with E-state index in [4.69, 9.17) is 15.0 Å². The smallest absolute Gasteiger partial charge is 0.329 e. The van der Waals surface area contributed by atoms with Gasteiger partial charge in [-0.1, -0.05) is 36.5 Å². The molecule has 0 unspecified atom stereocenters. The molecule has 0 aromatic rings. The maximum absolute atomic E-state index is 9.12. The number of hydrogen-bond acceptors (Lipinski definition) is 2. The van der Waals surface area contributed by atoms with Gasteiger partial charge in [0.05, 0.1) is 0 Å². The van der Waals surface area contributed by atoms with E-state index >= 15 is 0 Å². The second kappa shape index (κ2) is 7.75. The lowest BCUT2D eigenvalue weighted by Gasteiger charge is -1.72. The van der Waals surface area contributed by atoms with E-state index < -0.39 is 12.6 Å². The van der Waals surface area contributed by atoms with Crippen LogP contribution in [-0.2, 0) is 4.79 Å². The van der Waals surface area contributed by atoms with Crippen molar-refractivity contribution in [3.8, 4) is 0 Å². The van der Waals surface area contributed by atoms with Crippen molar-refractivity contribution in [2.24, 2.45) is 0 Å². The normalized spacial score (nSPS) is 13.1. The molecular weight excluding hydrogens is 156 g/mol. The minimum atomic E-state index is -1.19. The zero-order valence-electron chi connectivity index (χ0n) is 6.68. The second-order valence-corrected chi connectivity index (χ2v) is 2.03. The molecule has 0 heterocycles. The van der Waals surface area contributed by atoms with Crippen LogP contribution in [0.25, 0.3) is 0 Å². The fourth-order valence-electron chi connectivity index (χ4n) is 0.521. The van der Waals surface area contributed by atoms with Gasteiger partial charge in [-0.15, -0.1) is 0 Å². The highest BCUT2D eigenvalue weighted by molar-refractivity contribution is 5.67. The second-order valence-electron chi connectivity index (χ2n) is 2.03. The molecule has 1 aliphatic carbocycles. The predicted molar refractivity (Wildman–Crippen MR) is 46.8 cm³/mol. The van der Waals surface area contributed by atoms with Crippen molar-refractivity contribution in [3.63, 3.8) is 0 Å². The largest absolute Gasteiger partial charge is 0.480 e. The first kappa shape index (κ1) is 10.7. The summed E-state index contributed by atoms with van der Waals surface area (Å²) < 4.78 is 0. The van der Waals surface area contributed by atoms with Crippen LogP contribution in [0.15, 0.2) is 36.5 Å². The Balaban J connectivity index is 0.000000217. The Bertz CT molecular complexity index is 188. The first-order valence-electron chi connectivity index (χ1n) is 3.58. The summed E-state index contributed by atoms with van der Waals surface area (Å²) in [5.74, 6) is -1.19. The molecule has 0 bridgehead atoms. The van der Waals surface area contributed by atoms with Gasteiger partial charge >= 0.3 is 5.97 Å². The molecule has 2 N–H and O–H groups in total. The van der Waals surface area contributed by atoms with Crippen LogP contribution >= 0.6 is 0 Å². The summed E-state index contributed by atoms with van der Waals surface area (Å²) in [5, 5.41) is 15.0. The zero-order chi connectivity index (χ0) is 9.23. The molecule has 0 aromatic carbocycles. The van der Waals surface area contributed by atoms with Crippen LogP contribution in [0.4, 0.5) is 0 Å². The fraction of sp³-hybridized carbons (Fsp3) is 0.222. The van der Waals surface area contributed by atoms with E-state index in [1.54, 1.807) is 0 Å². The number of carbonyl (C=O) groups is 1. The highest BCUT2D eigenvalue weighted by Crippen LogP contribution is 1.91. The summed E-state index contributed by atoms with van der Waals surface area (Å²) in [6.07, 6.45) is 13.5. The van der Waals surface area contributed by atoms with Gasteiger partial charge in [-0.2, -0.15) is 0 Å². The molecular formula is C9H12O3. The topological polar surface area (TPSA) is 57.5 Å². The van der Waals surface area contributed by atoms with E-state index in [9.17, 15) is 0 Å². The van der Waals surface area contributed by atoms with Crippen molar-refractivity contribution >= 4 is 5.97 Å². The van der Waals surface area contributed by atoms with Crippen molar-refractivity contribution in [2.75, 3.05) is 6.61 Å². The third-order valence-electron chi connectivity index (χ3n) is 1.01.